The predicted molar refractivity (Wildman–Crippen MR) is 79.7 cm³/mol. The van der Waals surface area contributed by atoms with Gasteiger partial charge >= 0.3 is 0 Å². The lowest BCUT2D eigenvalue weighted by Crippen LogP contribution is -2.16. The second kappa shape index (κ2) is 5.75. The summed E-state index contributed by atoms with van der Waals surface area (Å²) in [4.78, 5) is 12.2. The molecule has 1 aromatic heterocycles. The summed E-state index contributed by atoms with van der Waals surface area (Å²) >= 11 is 9.33. The highest BCUT2D eigenvalue weighted by Crippen LogP contribution is 2.30. The van der Waals surface area contributed by atoms with E-state index in [9.17, 15) is 4.79 Å². The van der Waals surface area contributed by atoms with Gasteiger partial charge in [0.05, 0.1) is 20.9 Å². The van der Waals surface area contributed by atoms with Crippen molar-refractivity contribution < 1.29 is 4.79 Å². The number of rotatable bonds is 3. The highest BCUT2D eigenvalue weighted by atomic mass is 79.9. The topological polar surface area (TPSA) is 46.9 Å². The SMILES string of the molecule is CCc1cc(C(=O)Nc2cccc(Cl)c2Br)n(C)n1. The van der Waals surface area contributed by atoms with E-state index in [1.165, 1.54) is 0 Å². The molecule has 6 heteroatoms. The minimum absolute atomic E-state index is 0.210. The highest BCUT2D eigenvalue weighted by molar-refractivity contribution is 9.10. The Morgan fingerprint density at radius 2 is 2.26 bits per heavy atom. The number of hydrogen-bond acceptors (Lipinski definition) is 2. The molecule has 0 fully saturated rings. The molecule has 0 spiro atoms. The number of halogens is 2. The third-order valence-electron chi connectivity index (χ3n) is 2.73. The standard InChI is InChI=1S/C13H13BrClN3O/c1-3-8-7-11(18(2)17-8)13(19)16-10-6-4-5-9(15)12(10)14/h4-7H,3H2,1-2H3,(H,16,19). The number of aromatic nitrogens is 2. The van der Waals surface area contributed by atoms with Gasteiger partial charge in [0, 0.05) is 7.05 Å². The van der Waals surface area contributed by atoms with Crippen molar-refractivity contribution in [2.45, 2.75) is 13.3 Å². The van der Waals surface area contributed by atoms with Crippen LogP contribution in [0.5, 0.6) is 0 Å². The number of carbonyl (C=O) groups excluding carboxylic acids is 1. The average molecular weight is 343 g/mol. The zero-order valence-electron chi connectivity index (χ0n) is 10.6. The van der Waals surface area contributed by atoms with Gasteiger partial charge in [0.2, 0.25) is 0 Å². The van der Waals surface area contributed by atoms with E-state index in [1.807, 2.05) is 6.92 Å². The zero-order valence-corrected chi connectivity index (χ0v) is 12.9. The van der Waals surface area contributed by atoms with Crippen LogP contribution in [0.4, 0.5) is 5.69 Å². The molecule has 0 saturated heterocycles. The number of carbonyl (C=O) groups is 1. The van der Waals surface area contributed by atoms with Crippen LogP contribution in [0.1, 0.15) is 23.1 Å². The van der Waals surface area contributed by atoms with Crippen LogP contribution in [0.15, 0.2) is 28.7 Å². The van der Waals surface area contributed by atoms with Gasteiger partial charge in [-0.05, 0) is 40.5 Å². The van der Waals surface area contributed by atoms with Crippen LogP contribution in [0.25, 0.3) is 0 Å². The molecule has 0 saturated carbocycles. The molecule has 1 aromatic carbocycles. The molecule has 1 N–H and O–H groups in total. The number of amides is 1. The van der Waals surface area contributed by atoms with Gasteiger partial charge in [-0.2, -0.15) is 5.10 Å². The lowest BCUT2D eigenvalue weighted by molar-refractivity contribution is 0.101. The van der Waals surface area contributed by atoms with Crippen LogP contribution < -0.4 is 5.32 Å². The first-order chi connectivity index (χ1) is 9.02. The summed E-state index contributed by atoms with van der Waals surface area (Å²) in [5.41, 5.74) is 2.04. The first-order valence-corrected chi connectivity index (χ1v) is 6.98. The van der Waals surface area contributed by atoms with Crippen LogP contribution in [-0.4, -0.2) is 15.7 Å². The maximum Gasteiger partial charge on any atom is 0.273 e. The normalized spacial score (nSPS) is 10.5. The summed E-state index contributed by atoms with van der Waals surface area (Å²) in [7, 11) is 1.75. The van der Waals surface area contributed by atoms with E-state index >= 15 is 0 Å². The molecule has 2 aromatic rings. The van der Waals surface area contributed by atoms with Crippen molar-refractivity contribution >= 4 is 39.1 Å². The van der Waals surface area contributed by atoms with E-state index in [-0.39, 0.29) is 5.91 Å². The van der Waals surface area contributed by atoms with E-state index in [2.05, 4.69) is 26.3 Å². The molecule has 0 atom stereocenters. The molecule has 0 aliphatic rings. The summed E-state index contributed by atoms with van der Waals surface area (Å²) in [6.07, 6.45) is 0.794. The van der Waals surface area contributed by atoms with Gasteiger partial charge in [0.25, 0.3) is 5.91 Å². The first kappa shape index (κ1) is 14.1. The van der Waals surface area contributed by atoms with Crippen molar-refractivity contribution in [3.8, 4) is 0 Å². The molecule has 19 heavy (non-hydrogen) atoms. The van der Waals surface area contributed by atoms with Crippen LogP contribution in [0.3, 0.4) is 0 Å². The summed E-state index contributed by atoms with van der Waals surface area (Å²) < 4.78 is 2.25. The van der Waals surface area contributed by atoms with Crippen LogP contribution in [0, 0.1) is 0 Å². The van der Waals surface area contributed by atoms with E-state index in [1.54, 1.807) is 36.0 Å². The summed E-state index contributed by atoms with van der Waals surface area (Å²) in [5.74, 6) is -0.210. The lowest BCUT2D eigenvalue weighted by atomic mass is 10.2. The Morgan fingerprint density at radius 3 is 2.89 bits per heavy atom. The smallest absolute Gasteiger partial charge is 0.273 e. The molecule has 0 radical (unpaired) electrons. The van der Waals surface area contributed by atoms with E-state index in [0.29, 0.717) is 20.9 Å². The maximum atomic E-state index is 12.2. The number of nitrogens with one attached hydrogen (secondary N) is 1. The van der Waals surface area contributed by atoms with Gasteiger partial charge in [-0.1, -0.05) is 24.6 Å². The van der Waals surface area contributed by atoms with Crippen molar-refractivity contribution in [2.24, 2.45) is 7.05 Å². The summed E-state index contributed by atoms with van der Waals surface area (Å²) in [6.45, 7) is 2.00. The highest BCUT2D eigenvalue weighted by Gasteiger charge is 2.14. The van der Waals surface area contributed by atoms with E-state index < -0.39 is 0 Å². The molecule has 0 bridgehead atoms. The summed E-state index contributed by atoms with van der Waals surface area (Å²) in [5, 5.41) is 7.62. The average Bonchev–Trinajstić information content (AvgIpc) is 2.76. The molecule has 0 aliphatic heterocycles. The quantitative estimate of drug-likeness (QED) is 0.925. The van der Waals surface area contributed by atoms with Crippen LogP contribution in [0.2, 0.25) is 5.02 Å². The molecule has 0 unspecified atom stereocenters. The van der Waals surface area contributed by atoms with Gasteiger partial charge in [0.15, 0.2) is 0 Å². The van der Waals surface area contributed by atoms with Gasteiger partial charge in [-0.15, -0.1) is 0 Å². The fourth-order valence-corrected chi connectivity index (χ4v) is 2.24. The van der Waals surface area contributed by atoms with Crippen molar-refractivity contribution in [1.82, 2.24) is 9.78 Å². The molecule has 100 valence electrons. The maximum absolute atomic E-state index is 12.2. The van der Waals surface area contributed by atoms with Crippen molar-refractivity contribution in [3.63, 3.8) is 0 Å². The second-order valence-corrected chi connectivity index (χ2v) is 5.25. The Balaban J connectivity index is 2.25. The van der Waals surface area contributed by atoms with Gasteiger partial charge in [-0.3, -0.25) is 9.48 Å². The van der Waals surface area contributed by atoms with Crippen molar-refractivity contribution in [2.75, 3.05) is 5.32 Å². The van der Waals surface area contributed by atoms with Gasteiger partial charge < -0.3 is 5.32 Å². The molecule has 1 heterocycles. The number of anilines is 1. The predicted octanol–water partition coefficient (Wildman–Crippen LogP) is 3.65. The lowest BCUT2D eigenvalue weighted by Gasteiger charge is -2.08. The Bertz CT molecular complexity index is 624. The minimum Gasteiger partial charge on any atom is -0.320 e. The number of benzene rings is 1. The monoisotopic (exact) mass is 341 g/mol. The molecular formula is C13H13BrClN3O. The zero-order chi connectivity index (χ0) is 14.0. The summed E-state index contributed by atoms with van der Waals surface area (Å²) in [6, 6.07) is 7.10. The Hall–Kier alpha value is -1.33. The second-order valence-electron chi connectivity index (χ2n) is 4.05. The van der Waals surface area contributed by atoms with Crippen LogP contribution >= 0.6 is 27.5 Å². The van der Waals surface area contributed by atoms with Crippen molar-refractivity contribution in [1.29, 1.82) is 0 Å². The third kappa shape index (κ3) is 2.98. The molecular weight excluding hydrogens is 330 g/mol. The molecule has 1 amide bonds. The van der Waals surface area contributed by atoms with E-state index in [0.717, 1.165) is 12.1 Å². The van der Waals surface area contributed by atoms with Crippen LogP contribution in [-0.2, 0) is 13.5 Å². The molecule has 2 rings (SSSR count). The van der Waals surface area contributed by atoms with E-state index in [4.69, 9.17) is 11.6 Å². The fourth-order valence-electron chi connectivity index (χ4n) is 1.70. The number of hydrogen-bond donors (Lipinski definition) is 1. The van der Waals surface area contributed by atoms with Crippen molar-refractivity contribution in [3.05, 3.63) is 45.1 Å². The molecule has 0 aliphatic carbocycles. The Labute approximate surface area is 124 Å². The van der Waals surface area contributed by atoms with Gasteiger partial charge in [0.1, 0.15) is 5.69 Å². The third-order valence-corrected chi connectivity index (χ3v) is 4.12. The largest absolute Gasteiger partial charge is 0.320 e. The molecule has 4 nitrogen and oxygen atoms in total. The number of aryl methyl sites for hydroxylation is 2. The minimum atomic E-state index is -0.210. The first-order valence-electron chi connectivity index (χ1n) is 5.81. The Morgan fingerprint density at radius 1 is 1.53 bits per heavy atom. The fraction of sp³-hybridized carbons (Fsp3) is 0.231. The van der Waals surface area contributed by atoms with Gasteiger partial charge in [-0.25, -0.2) is 0 Å². The number of nitrogens with zero attached hydrogens (tertiary/aromatic N) is 2. The Kier molecular flexibility index (Phi) is 4.27.